The number of rotatable bonds is 2. The van der Waals surface area contributed by atoms with Gasteiger partial charge in [-0.3, -0.25) is 9.78 Å². The molecule has 0 saturated carbocycles. The molecule has 1 saturated heterocycles. The standard InChI is InChI=1S/C11H14ClN3O/c1-11(3-5-14-7-11)10(16)15-9-6-13-4-2-8(9)12/h2,4,6,14H,3,5,7H2,1H3,(H,15,16). The Hall–Kier alpha value is -1.13. The van der Waals surface area contributed by atoms with Gasteiger partial charge in [-0.25, -0.2) is 0 Å². The quantitative estimate of drug-likeness (QED) is 0.826. The average molecular weight is 240 g/mol. The van der Waals surface area contributed by atoms with Crippen LogP contribution < -0.4 is 10.6 Å². The highest BCUT2D eigenvalue weighted by atomic mass is 35.5. The third kappa shape index (κ3) is 2.18. The average Bonchev–Trinajstić information content (AvgIpc) is 2.70. The zero-order valence-corrected chi connectivity index (χ0v) is 9.84. The van der Waals surface area contributed by atoms with Gasteiger partial charge < -0.3 is 10.6 Å². The molecule has 0 aliphatic carbocycles. The first-order valence-corrected chi connectivity index (χ1v) is 5.61. The van der Waals surface area contributed by atoms with Crippen molar-refractivity contribution >= 4 is 23.2 Å². The Morgan fingerprint density at radius 1 is 1.69 bits per heavy atom. The number of hydrogen-bond donors (Lipinski definition) is 2. The van der Waals surface area contributed by atoms with E-state index in [2.05, 4.69) is 15.6 Å². The van der Waals surface area contributed by atoms with E-state index in [9.17, 15) is 4.79 Å². The third-order valence-electron chi connectivity index (χ3n) is 2.93. The molecule has 1 aromatic rings. The van der Waals surface area contributed by atoms with Crippen LogP contribution in [-0.2, 0) is 4.79 Å². The Labute approximate surface area is 99.4 Å². The van der Waals surface area contributed by atoms with Gasteiger partial charge in [0.2, 0.25) is 5.91 Å². The minimum atomic E-state index is -0.348. The highest BCUT2D eigenvalue weighted by molar-refractivity contribution is 6.33. The van der Waals surface area contributed by atoms with Crippen LogP contribution in [0.3, 0.4) is 0 Å². The normalized spacial score (nSPS) is 24.4. The Balaban J connectivity index is 2.10. The van der Waals surface area contributed by atoms with Crippen LogP contribution in [-0.4, -0.2) is 24.0 Å². The molecule has 0 bridgehead atoms. The molecular formula is C11H14ClN3O. The molecule has 1 amide bonds. The lowest BCUT2D eigenvalue weighted by Gasteiger charge is -2.21. The number of amides is 1. The van der Waals surface area contributed by atoms with Crippen LogP contribution in [0.25, 0.3) is 0 Å². The fourth-order valence-electron chi connectivity index (χ4n) is 1.75. The van der Waals surface area contributed by atoms with E-state index < -0.39 is 0 Å². The summed E-state index contributed by atoms with van der Waals surface area (Å²) in [5, 5.41) is 6.52. The molecular weight excluding hydrogens is 226 g/mol. The molecule has 4 nitrogen and oxygen atoms in total. The van der Waals surface area contributed by atoms with Gasteiger partial charge in [0.25, 0.3) is 0 Å². The fraction of sp³-hybridized carbons (Fsp3) is 0.455. The molecule has 1 fully saturated rings. The van der Waals surface area contributed by atoms with Crippen molar-refractivity contribution in [3.63, 3.8) is 0 Å². The number of carbonyl (C=O) groups excluding carboxylic acids is 1. The van der Waals surface area contributed by atoms with Crippen LogP contribution in [0.2, 0.25) is 5.02 Å². The maximum absolute atomic E-state index is 12.1. The van der Waals surface area contributed by atoms with Crippen LogP contribution in [0.4, 0.5) is 5.69 Å². The van der Waals surface area contributed by atoms with Gasteiger partial charge in [-0.1, -0.05) is 11.6 Å². The molecule has 0 spiro atoms. The highest BCUT2D eigenvalue weighted by Crippen LogP contribution is 2.28. The van der Waals surface area contributed by atoms with Gasteiger partial charge in [-0.2, -0.15) is 0 Å². The Morgan fingerprint density at radius 2 is 2.50 bits per heavy atom. The molecule has 2 rings (SSSR count). The second kappa shape index (κ2) is 4.39. The Morgan fingerprint density at radius 3 is 3.12 bits per heavy atom. The molecule has 1 atom stereocenters. The maximum Gasteiger partial charge on any atom is 0.231 e. The molecule has 2 heterocycles. The minimum absolute atomic E-state index is 0.00704. The number of nitrogens with one attached hydrogen (secondary N) is 2. The van der Waals surface area contributed by atoms with E-state index >= 15 is 0 Å². The molecule has 86 valence electrons. The lowest BCUT2D eigenvalue weighted by atomic mass is 9.89. The maximum atomic E-state index is 12.1. The van der Waals surface area contributed by atoms with Gasteiger partial charge in [0.1, 0.15) is 0 Å². The molecule has 2 N–H and O–H groups in total. The van der Waals surface area contributed by atoms with Gasteiger partial charge in [0.05, 0.1) is 22.3 Å². The van der Waals surface area contributed by atoms with Crippen LogP contribution in [0.5, 0.6) is 0 Å². The van der Waals surface area contributed by atoms with Crippen molar-refractivity contribution in [1.29, 1.82) is 0 Å². The third-order valence-corrected chi connectivity index (χ3v) is 3.26. The van der Waals surface area contributed by atoms with Gasteiger partial charge >= 0.3 is 0 Å². The second-order valence-corrected chi connectivity index (χ2v) is 4.70. The van der Waals surface area contributed by atoms with Crippen molar-refractivity contribution in [3.05, 3.63) is 23.5 Å². The summed E-state index contributed by atoms with van der Waals surface area (Å²) in [6.45, 7) is 3.54. The molecule has 1 aromatic heterocycles. The van der Waals surface area contributed by atoms with Gasteiger partial charge in [0, 0.05) is 12.7 Å². The lowest BCUT2D eigenvalue weighted by Crippen LogP contribution is -2.35. The zero-order valence-electron chi connectivity index (χ0n) is 9.09. The summed E-state index contributed by atoms with van der Waals surface area (Å²) in [5.74, 6) is -0.00704. The number of hydrogen-bond acceptors (Lipinski definition) is 3. The number of anilines is 1. The van der Waals surface area contributed by atoms with Crippen LogP contribution in [0, 0.1) is 5.41 Å². The predicted molar refractivity (Wildman–Crippen MR) is 63.5 cm³/mol. The first-order chi connectivity index (χ1) is 7.62. The summed E-state index contributed by atoms with van der Waals surface area (Å²) in [7, 11) is 0. The first-order valence-electron chi connectivity index (χ1n) is 5.23. The summed E-state index contributed by atoms with van der Waals surface area (Å²) < 4.78 is 0. The topological polar surface area (TPSA) is 54.0 Å². The predicted octanol–water partition coefficient (Wildman–Crippen LogP) is 1.67. The summed E-state index contributed by atoms with van der Waals surface area (Å²) in [4.78, 5) is 16.0. The van der Waals surface area contributed by atoms with Crippen molar-refractivity contribution in [2.24, 2.45) is 5.41 Å². The highest BCUT2D eigenvalue weighted by Gasteiger charge is 2.36. The zero-order chi connectivity index (χ0) is 11.6. The molecule has 5 heteroatoms. The van der Waals surface area contributed by atoms with E-state index in [-0.39, 0.29) is 11.3 Å². The molecule has 1 aliphatic rings. The van der Waals surface area contributed by atoms with Crippen LogP contribution in [0.1, 0.15) is 13.3 Å². The molecule has 16 heavy (non-hydrogen) atoms. The smallest absolute Gasteiger partial charge is 0.231 e. The number of halogens is 1. The van der Waals surface area contributed by atoms with Crippen LogP contribution >= 0.6 is 11.6 Å². The number of aromatic nitrogens is 1. The SMILES string of the molecule is CC1(C(=O)Nc2cnccc2Cl)CCNC1. The van der Waals surface area contributed by atoms with Crippen molar-refractivity contribution in [2.45, 2.75) is 13.3 Å². The molecule has 0 aromatic carbocycles. The molecule has 0 radical (unpaired) electrons. The Bertz CT molecular complexity index is 402. The van der Waals surface area contributed by atoms with E-state index in [1.165, 1.54) is 0 Å². The summed E-state index contributed by atoms with van der Waals surface area (Å²) >= 11 is 5.95. The van der Waals surface area contributed by atoms with E-state index in [0.717, 1.165) is 13.0 Å². The van der Waals surface area contributed by atoms with E-state index in [4.69, 9.17) is 11.6 Å². The van der Waals surface area contributed by atoms with Crippen molar-refractivity contribution in [2.75, 3.05) is 18.4 Å². The van der Waals surface area contributed by atoms with E-state index in [1.807, 2.05) is 6.92 Å². The summed E-state index contributed by atoms with van der Waals surface area (Å²) in [5.41, 5.74) is 0.224. The fourth-order valence-corrected chi connectivity index (χ4v) is 1.91. The van der Waals surface area contributed by atoms with Gasteiger partial charge in [0.15, 0.2) is 0 Å². The van der Waals surface area contributed by atoms with Gasteiger partial charge in [-0.15, -0.1) is 0 Å². The Kier molecular flexibility index (Phi) is 3.12. The van der Waals surface area contributed by atoms with Crippen molar-refractivity contribution in [1.82, 2.24) is 10.3 Å². The van der Waals surface area contributed by atoms with Crippen LogP contribution in [0.15, 0.2) is 18.5 Å². The lowest BCUT2D eigenvalue weighted by molar-refractivity contribution is -0.123. The molecule has 1 unspecified atom stereocenters. The number of pyridine rings is 1. The first kappa shape index (κ1) is 11.4. The van der Waals surface area contributed by atoms with Crippen molar-refractivity contribution in [3.8, 4) is 0 Å². The van der Waals surface area contributed by atoms with Crippen molar-refractivity contribution < 1.29 is 4.79 Å². The molecule has 1 aliphatic heterocycles. The second-order valence-electron chi connectivity index (χ2n) is 4.30. The number of nitrogens with zero attached hydrogens (tertiary/aromatic N) is 1. The van der Waals surface area contributed by atoms with E-state index in [1.54, 1.807) is 18.5 Å². The summed E-state index contributed by atoms with van der Waals surface area (Å²) in [6, 6.07) is 1.66. The number of carbonyl (C=O) groups is 1. The summed E-state index contributed by atoms with van der Waals surface area (Å²) in [6.07, 6.45) is 4.00. The van der Waals surface area contributed by atoms with E-state index in [0.29, 0.717) is 17.3 Å². The van der Waals surface area contributed by atoms with Gasteiger partial charge in [-0.05, 0) is 26.0 Å². The monoisotopic (exact) mass is 239 g/mol. The minimum Gasteiger partial charge on any atom is -0.323 e. The largest absolute Gasteiger partial charge is 0.323 e.